The van der Waals surface area contributed by atoms with Crippen LogP contribution in [0.4, 0.5) is 10.5 Å². The van der Waals surface area contributed by atoms with E-state index in [2.05, 4.69) is 5.32 Å². The number of anilines is 1. The minimum atomic E-state index is -0.946. The molecule has 2 heterocycles. The molecule has 0 radical (unpaired) electrons. The van der Waals surface area contributed by atoms with E-state index in [1.807, 2.05) is 0 Å². The number of likely N-dealkylation sites (tertiary alicyclic amines) is 1. The fraction of sp³-hybridized carbons (Fsp3) is 0.529. The molecule has 1 saturated heterocycles. The van der Waals surface area contributed by atoms with E-state index in [0.717, 1.165) is 0 Å². The van der Waals surface area contributed by atoms with Gasteiger partial charge in [-0.05, 0) is 39.3 Å². The molecule has 24 heavy (non-hydrogen) atoms. The lowest BCUT2D eigenvalue weighted by atomic mass is 9.79. The van der Waals surface area contributed by atoms with Crippen LogP contribution in [0.2, 0.25) is 5.02 Å². The summed E-state index contributed by atoms with van der Waals surface area (Å²) in [5.74, 6) is -0.199. The second kappa shape index (κ2) is 5.63. The predicted molar refractivity (Wildman–Crippen MR) is 90.2 cm³/mol. The number of aliphatic hydroxyl groups excluding tert-OH is 1. The number of aliphatic hydroxyl groups is 1. The molecule has 0 aliphatic carbocycles. The molecule has 1 spiro atoms. The first-order chi connectivity index (χ1) is 11.2. The number of fused-ring (bicyclic) bond motifs is 2. The number of carbonyl (C=O) groups excluding carboxylic acids is 2. The zero-order valence-corrected chi connectivity index (χ0v) is 14.7. The fourth-order valence-corrected chi connectivity index (χ4v) is 3.87. The van der Waals surface area contributed by atoms with E-state index in [9.17, 15) is 14.7 Å². The molecule has 2 aliphatic heterocycles. The SMILES string of the molecule is CC(C)(C)OC(=O)N1C[C@]2(CC1CO)C(=O)Nc1cccc(Cl)c12. The van der Waals surface area contributed by atoms with E-state index in [-0.39, 0.29) is 19.1 Å². The largest absolute Gasteiger partial charge is 0.444 e. The predicted octanol–water partition coefficient (Wildman–Crippen LogP) is 2.53. The third-order valence-electron chi connectivity index (χ3n) is 4.48. The van der Waals surface area contributed by atoms with Gasteiger partial charge in [-0.25, -0.2) is 4.79 Å². The number of nitrogens with zero attached hydrogens (tertiary/aromatic N) is 1. The van der Waals surface area contributed by atoms with Gasteiger partial charge < -0.3 is 20.1 Å². The summed E-state index contributed by atoms with van der Waals surface area (Å²) >= 11 is 6.34. The van der Waals surface area contributed by atoms with Crippen LogP contribution in [0, 0.1) is 0 Å². The zero-order valence-electron chi connectivity index (χ0n) is 13.9. The average Bonchev–Trinajstić information content (AvgIpc) is 2.98. The van der Waals surface area contributed by atoms with Crippen LogP contribution >= 0.6 is 11.6 Å². The van der Waals surface area contributed by atoms with Crippen molar-refractivity contribution in [2.24, 2.45) is 0 Å². The molecule has 3 rings (SSSR count). The molecule has 2 aliphatic rings. The third-order valence-corrected chi connectivity index (χ3v) is 4.79. The molecule has 0 aromatic heterocycles. The van der Waals surface area contributed by atoms with Crippen molar-refractivity contribution in [2.45, 2.75) is 44.2 Å². The lowest BCUT2D eigenvalue weighted by Crippen LogP contribution is -2.43. The van der Waals surface area contributed by atoms with Crippen LogP contribution in [0.15, 0.2) is 18.2 Å². The van der Waals surface area contributed by atoms with E-state index < -0.39 is 23.2 Å². The first kappa shape index (κ1) is 17.0. The highest BCUT2D eigenvalue weighted by Gasteiger charge is 2.57. The maximum Gasteiger partial charge on any atom is 0.410 e. The van der Waals surface area contributed by atoms with Crippen molar-refractivity contribution in [3.05, 3.63) is 28.8 Å². The maximum absolute atomic E-state index is 12.7. The molecule has 2 N–H and O–H groups in total. The lowest BCUT2D eigenvalue weighted by molar-refractivity contribution is -0.120. The molecular weight excluding hydrogens is 332 g/mol. The molecule has 1 unspecified atom stereocenters. The van der Waals surface area contributed by atoms with Crippen LogP contribution in [0.3, 0.4) is 0 Å². The van der Waals surface area contributed by atoms with Gasteiger partial charge in [0.25, 0.3) is 0 Å². The topological polar surface area (TPSA) is 78.9 Å². The Bertz CT molecular complexity index is 700. The first-order valence-corrected chi connectivity index (χ1v) is 8.27. The number of benzene rings is 1. The van der Waals surface area contributed by atoms with Gasteiger partial charge in [0.1, 0.15) is 5.60 Å². The van der Waals surface area contributed by atoms with Crippen molar-refractivity contribution in [1.82, 2.24) is 4.90 Å². The highest BCUT2D eigenvalue weighted by molar-refractivity contribution is 6.33. The number of hydrogen-bond donors (Lipinski definition) is 2. The standard InChI is InChI=1S/C17H21ClN2O4/c1-16(2,3)24-15(23)20-9-17(7-10(20)8-21)13-11(18)5-4-6-12(13)19-14(17)22/h4-6,10,21H,7-9H2,1-3H3,(H,19,22)/t10?,17-/m0/s1. The smallest absolute Gasteiger partial charge is 0.410 e. The highest BCUT2D eigenvalue weighted by Crippen LogP contribution is 2.49. The molecule has 0 bridgehead atoms. The van der Waals surface area contributed by atoms with Crippen LogP contribution in [0.5, 0.6) is 0 Å². The van der Waals surface area contributed by atoms with Crippen LogP contribution in [-0.2, 0) is 14.9 Å². The second-order valence-electron chi connectivity index (χ2n) is 7.35. The Kier molecular flexibility index (Phi) is 4.00. The number of hydrogen-bond acceptors (Lipinski definition) is 4. The van der Waals surface area contributed by atoms with Crippen molar-refractivity contribution in [1.29, 1.82) is 0 Å². The molecule has 0 saturated carbocycles. The molecule has 130 valence electrons. The van der Waals surface area contributed by atoms with E-state index in [1.165, 1.54) is 4.90 Å². The van der Waals surface area contributed by atoms with Gasteiger partial charge in [0.2, 0.25) is 5.91 Å². The van der Waals surface area contributed by atoms with Crippen molar-refractivity contribution < 1.29 is 19.4 Å². The Balaban J connectivity index is 1.98. The number of rotatable bonds is 1. The molecule has 7 heteroatoms. The van der Waals surface area contributed by atoms with Gasteiger partial charge in [0.15, 0.2) is 0 Å². The summed E-state index contributed by atoms with van der Waals surface area (Å²) in [6, 6.07) is 4.79. The van der Waals surface area contributed by atoms with Gasteiger partial charge in [-0.15, -0.1) is 0 Å². The summed E-state index contributed by atoms with van der Waals surface area (Å²) < 4.78 is 5.42. The summed E-state index contributed by atoms with van der Waals surface area (Å²) in [5, 5.41) is 13.0. The zero-order chi connectivity index (χ0) is 17.7. The molecule has 2 atom stereocenters. The van der Waals surface area contributed by atoms with Gasteiger partial charge in [-0.2, -0.15) is 0 Å². The van der Waals surface area contributed by atoms with Crippen molar-refractivity contribution in [2.75, 3.05) is 18.5 Å². The highest BCUT2D eigenvalue weighted by atomic mass is 35.5. The maximum atomic E-state index is 12.7. The van der Waals surface area contributed by atoms with Crippen molar-refractivity contribution >= 4 is 29.3 Å². The Morgan fingerprint density at radius 2 is 2.21 bits per heavy atom. The minimum Gasteiger partial charge on any atom is -0.444 e. The number of halogens is 1. The van der Waals surface area contributed by atoms with Crippen molar-refractivity contribution in [3.63, 3.8) is 0 Å². The number of carbonyl (C=O) groups is 2. The van der Waals surface area contributed by atoms with E-state index in [1.54, 1.807) is 39.0 Å². The Hall–Kier alpha value is -1.79. The molecule has 2 amide bonds. The third kappa shape index (κ3) is 2.63. The summed E-state index contributed by atoms with van der Waals surface area (Å²) in [6.07, 6.45) is -0.225. The molecule has 1 aromatic carbocycles. The van der Waals surface area contributed by atoms with Crippen LogP contribution < -0.4 is 5.32 Å². The lowest BCUT2D eigenvalue weighted by Gasteiger charge is -2.28. The van der Waals surface area contributed by atoms with Crippen LogP contribution in [-0.4, -0.2) is 46.8 Å². The van der Waals surface area contributed by atoms with Crippen LogP contribution in [0.25, 0.3) is 0 Å². The van der Waals surface area contributed by atoms with E-state index in [4.69, 9.17) is 16.3 Å². The fourth-order valence-electron chi connectivity index (χ4n) is 3.51. The number of ether oxygens (including phenoxy) is 1. The summed E-state index contributed by atoms with van der Waals surface area (Å²) in [6.45, 7) is 5.22. The van der Waals surface area contributed by atoms with Crippen LogP contribution in [0.1, 0.15) is 32.8 Å². The first-order valence-electron chi connectivity index (χ1n) is 7.89. The average molecular weight is 353 g/mol. The number of amides is 2. The Labute approximate surface area is 145 Å². The Morgan fingerprint density at radius 3 is 2.83 bits per heavy atom. The Morgan fingerprint density at radius 1 is 1.50 bits per heavy atom. The monoisotopic (exact) mass is 352 g/mol. The van der Waals surface area contributed by atoms with Crippen molar-refractivity contribution in [3.8, 4) is 0 Å². The number of nitrogens with one attached hydrogen (secondary N) is 1. The minimum absolute atomic E-state index is 0.135. The van der Waals surface area contributed by atoms with Gasteiger partial charge >= 0.3 is 6.09 Å². The van der Waals surface area contributed by atoms with Gasteiger partial charge in [-0.3, -0.25) is 4.79 Å². The summed E-state index contributed by atoms with van der Waals surface area (Å²) in [7, 11) is 0. The molecular formula is C17H21ClN2O4. The molecule has 6 nitrogen and oxygen atoms in total. The summed E-state index contributed by atoms with van der Waals surface area (Å²) in [4.78, 5) is 26.6. The van der Waals surface area contributed by atoms with E-state index >= 15 is 0 Å². The van der Waals surface area contributed by atoms with E-state index in [0.29, 0.717) is 22.7 Å². The quantitative estimate of drug-likeness (QED) is 0.814. The van der Waals surface area contributed by atoms with Gasteiger partial charge in [0.05, 0.1) is 18.1 Å². The molecule has 1 aromatic rings. The normalized spacial score (nSPS) is 25.8. The van der Waals surface area contributed by atoms with Gasteiger partial charge in [0, 0.05) is 22.8 Å². The second-order valence-corrected chi connectivity index (χ2v) is 7.75. The van der Waals surface area contributed by atoms with Gasteiger partial charge in [-0.1, -0.05) is 17.7 Å². The summed E-state index contributed by atoms with van der Waals surface area (Å²) in [5.41, 5.74) is -0.241. The molecule has 1 fully saturated rings.